The number of thiocarbonyl (C=S) groups is 1. The summed E-state index contributed by atoms with van der Waals surface area (Å²) in [6.45, 7) is 6.04. The maximum atomic E-state index is 11.0. The van der Waals surface area contributed by atoms with E-state index in [1.54, 1.807) is 0 Å². The molecule has 0 heterocycles. The maximum absolute atomic E-state index is 11.0. The van der Waals surface area contributed by atoms with Gasteiger partial charge in [0.1, 0.15) is 0 Å². The van der Waals surface area contributed by atoms with Gasteiger partial charge in [-0.3, -0.25) is 4.79 Å². The van der Waals surface area contributed by atoms with Gasteiger partial charge in [-0.2, -0.15) is 0 Å². The first kappa shape index (κ1) is 10.9. The van der Waals surface area contributed by atoms with Crippen LogP contribution in [-0.2, 0) is 9.53 Å². The highest BCUT2D eigenvalue weighted by Crippen LogP contribution is 2.13. The third-order valence-corrected chi connectivity index (χ3v) is 2.24. The van der Waals surface area contributed by atoms with Crippen molar-refractivity contribution in [3.8, 4) is 0 Å². The molecule has 0 spiro atoms. The van der Waals surface area contributed by atoms with Crippen molar-refractivity contribution in [2.75, 3.05) is 6.61 Å². The molecule has 0 fully saturated rings. The molecule has 0 aliphatic rings. The van der Waals surface area contributed by atoms with E-state index in [2.05, 4.69) is 0 Å². The zero-order chi connectivity index (χ0) is 8.85. The van der Waals surface area contributed by atoms with Crippen LogP contribution in [0.25, 0.3) is 0 Å². The smallest absolute Gasteiger partial charge is 0.227 e. The van der Waals surface area contributed by atoms with Gasteiger partial charge in [-0.05, 0) is 30.9 Å². The Bertz CT molecular complexity index is 155. The molecule has 0 aromatic heterocycles. The van der Waals surface area contributed by atoms with Gasteiger partial charge in [0.25, 0.3) is 0 Å². The second-order valence-corrected chi connectivity index (χ2v) is 3.87. The van der Waals surface area contributed by atoms with Crippen LogP contribution in [0.1, 0.15) is 20.8 Å². The van der Waals surface area contributed by atoms with Gasteiger partial charge in [0, 0.05) is 5.92 Å². The lowest BCUT2D eigenvalue weighted by Crippen LogP contribution is -2.06. The van der Waals surface area contributed by atoms with Crippen LogP contribution < -0.4 is 0 Å². The van der Waals surface area contributed by atoms with Crippen molar-refractivity contribution in [3.05, 3.63) is 0 Å². The largest absolute Gasteiger partial charge is 0.479 e. The molecule has 0 saturated carbocycles. The molecule has 0 amide bonds. The average molecular weight is 192 g/mol. The highest BCUT2D eigenvalue weighted by atomic mass is 32.2. The highest BCUT2D eigenvalue weighted by Gasteiger charge is 2.11. The van der Waals surface area contributed by atoms with Crippen molar-refractivity contribution >= 4 is 33.5 Å². The van der Waals surface area contributed by atoms with Gasteiger partial charge in [0.2, 0.25) is 4.38 Å². The Morgan fingerprint density at radius 3 is 2.55 bits per heavy atom. The van der Waals surface area contributed by atoms with Crippen LogP contribution >= 0.6 is 24.0 Å². The average Bonchev–Trinajstić information content (AvgIpc) is 1.87. The third-order valence-electron chi connectivity index (χ3n) is 0.918. The van der Waals surface area contributed by atoms with Crippen LogP contribution in [-0.4, -0.2) is 16.1 Å². The molecule has 0 atom stereocenters. The number of rotatable bonds is 2. The van der Waals surface area contributed by atoms with Crippen molar-refractivity contribution in [1.82, 2.24) is 0 Å². The molecular weight excluding hydrogens is 180 g/mol. The molecule has 0 N–H and O–H groups in total. The Kier molecular flexibility index (Phi) is 5.50. The number of hydrogen-bond donors (Lipinski definition) is 0. The fraction of sp³-hybridized carbons (Fsp3) is 0.714. The van der Waals surface area contributed by atoms with Crippen molar-refractivity contribution in [1.29, 1.82) is 0 Å². The summed E-state index contributed by atoms with van der Waals surface area (Å²) in [7, 11) is 0. The minimum absolute atomic E-state index is 0.0124. The van der Waals surface area contributed by atoms with Crippen LogP contribution in [0.5, 0.6) is 0 Å². The predicted octanol–water partition coefficient (Wildman–Crippen LogP) is 2.22. The number of carbonyl (C=O) groups is 1. The minimum Gasteiger partial charge on any atom is -0.479 e. The van der Waals surface area contributed by atoms with Crippen molar-refractivity contribution < 1.29 is 9.53 Å². The fourth-order valence-electron chi connectivity index (χ4n) is 0.347. The Hall–Kier alpha value is -0.0900. The van der Waals surface area contributed by atoms with Crippen LogP contribution in [0.2, 0.25) is 0 Å². The van der Waals surface area contributed by atoms with Crippen molar-refractivity contribution in [2.45, 2.75) is 20.8 Å². The SMILES string of the molecule is CCOC(=S)SC(=O)C(C)C. The lowest BCUT2D eigenvalue weighted by atomic mass is 10.3. The first-order chi connectivity index (χ1) is 5.07. The molecule has 0 saturated heterocycles. The van der Waals surface area contributed by atoms with Gasteiger partial charge in [0.15, 0.2) is 5.12 Å². The molecule has 0 aliphatic heterocycles. The van der Waals surface area contributed by atoms with Crippen molar-refractivity contribution in [2.24, 2.45) is 5.92 Å². The number of hydrogen-bond acceptors (Lipinski definition) is 4. The first-order valence-corrected chi connectivity index (χ1v) is 4.68. The van der Waals surface area contributed by atoms with Gasteiger partial charge in [-0.15, -0.1) is 0 Å². The Balaban J connectivity index is 3.67. The molecule has 11 heavy (non-hydrogen) atoms. The summed E-state index contributed by atoms with van der Waals surface area (Å²) in [5.41, 5.74) is 0. The maximum Gasteiger partial charge on any atom is 0.227 e. The lowest BCUT2D eigenvalue weighted by Gasteiger charge is -2.04. The van der Waals surface area contributed by atoms with Crippen LogP contribution in [0, 0.1) is 5.92 Å². The second kappa shape index (κ2) is 5.55. The molecule has 2 nitrogen and oxygen atoms in total. The summed E-state index contributed by atoms with van der Waals surface area (Å²) in [4.78, 5) is 11.0. The summed E-state index contributed by atoms with van der Waals surface area (Å²) < 4.78 is 5.26. The molecule has 0 radical (unpaired) electrons. The normalized spacial score (nSPS) is 9.82. The van der Waals surface area contributed by atoms with Gasteiger partial charge in [0.05, 0.1) is 6.61 Å². The third kappa shape index (κ3) is 5.21. The molecule has 0 bridgehead atoms. The monoisotopic (exact) mass is 192 g/mol. The molecule has 0 aromatic carbocycles. The minimum atomic E-state index is 0.0124. The summed E-state index contributed by atoms with van der Waals surface area (Å²) in [6, 6.07) is 0. The van der Waals surface area contributed by atoms with E-state index in [0.717, 1.165) is 11.8 Å². The molecule has 0 rings (SSSR count). The summed E-state index contributed by atoms with van der Waals surface area (Å²) in [5.74, 6) is 0.0124. The zero-order valence-corrected chi connectivity index (χ0v) is 8.55. The Morgan fingerprint density at radius 1 is 1.64 bits per heavy atom. The Labute approximate surface area is 76.7 Å². The number of ether oxygens (including phenoxy) is 1. The van der Waals surface area contributed by atoms with E-state index in [1.807, 2.05) is 20.8 Å². The quantitative estimate of drug-likeness (QED) is 0.627. The van der Waals surface area contributed by atoms with E-state index in [9.17, 15) is 4.79 Å². The van der Waals surface area contributed by atoms with E-state index < -0.39 is 0 Å². The lowest BCUT2D eigenvalue weighted by molar-refractivity contribution is -0.113. The van der Waals surface area contributed by atoms with Gasteiger partial charge >= 0.3 is 0 Å². The van der Waals surface area contributed by atoms with E-state index >= 15 is 0 Å². The zero-order valence-electron chi connectivity index (χ0n) is 6.92. The summed E-state index contributed by atoms with van der Waals surface area (Å²) >= 11 is 5.77. The highest BCUT2D eigenvalue weighted by molar-refractivity contribution is 8.32. The van der Waals surface area contributed by atoms with Gasteiger partial charge < -0.3 is 4.74 Å². The standard InChI is InChI=1S/C7H12O2S2/c1-4-9-7(10)11-6(8)5(2)3/h5H,4H2,1-3H3. The number of carbonyl (C=O) groups excluding carboxylic acids is 1. The molecule has 0 unspecified atom stereocenters. The second-order valence-electron chi connectivity index (χ2n) is 2.26. The summed E-state index contributed by atoms with van der Waals surface area (Å²) in [6.07, 6.45) is 0. The molecule has 0 aliphatic carbocycles. The van der Waals surface area contributed by atoms with Crippen LogP contribution in [0.4, 0.5) is 0 Å². The topological polar surface area (TPSA) is 26.3 Å². The predicted molar refractivity (Wildman–Crippen MR) is 51.7 cm³/mol. The van der Waals surface area contributed by atoms with E-state index in [-0.39, 0.29) is 11.0 Å². The summed E-state index contributed by atoms with van der Waals surface area (Å²) in [5, 5.41) is 0.0588. The van der Waals surface area contributed by atoms with Crippen LogP contribution in [0.15, 0.2) is 0 Å². The van der Waals surface area contributed by atoms with E-state index in [1.165, 1.54) is 0 Å². The molecule has 64 valence electrons. The van der Waals surface area contributed by atoms with E-state index in [0.29, 0.717) is 11.0 Å². The van der Waals surface area contributed by atoms with Crippen LogP contribution in [0.3, 0.4) is 0 Å². The first-order valence-electron chi connectivity index (χ1n) is 3.46. The Morgan fingerprint density at radius 2 is 2.18 bits per heavy atom. The van der Waals surface area contributed by atoms with E-state index in [4.69, 9.17) is 17.0 Å². The van der Waals surface area contributed by atoms with Gasteiger partial charge in [-0.1, -0.05) is 13.8 Å². The fourth-order valence-corrected chi connectivity index (χ4v) is 1.29. The van der Waals surface area contributed by atoms with Gasteiger partial charge in [-0.25, -0.2) is 0 Å². The van der Waals surface area contributed by atoms with Crippen molar-refractivity contribution in [3.63, 3.8) is 0 Å². The molecule has 0 aromatic rings. The molecular formula is C7H12O2S2. The number of thioether (sulfide) groups is 1. The molecule has 4 heteroatoms.